The van der Waals surface area contributed by atoms with Gasteiger partial charge in [0.15, 0.2) is 0 Å². The van der Waals surface area contributed by atoms with Gasteiger partial charge >= 0.3 is 10.2 Å². The van der Waals surface area contributed by atoms with Crippen molar-refractivity contribution in [2.24, 2.45) is 11.7 Å². The van der Waals surface area contributed by atoms with Gasteiger partial charge in [-0.3, -0.25) is 4.79 Å². The van der Waals surface area contributed by atoms with E-state index in [1.807, 2.05) is 11.6 Å². The van der Waals surface area contributed by atoms with Crippen molar-refractivity contribution in [2.75, 3.05) is 14.1 Å². The largest absolute Gasteiger partial charge is 0.317 e. The molecule has 1 fully saturated rings. The molecule has 15 heavy (non-hydrogen) atoms. The minimum absolute atomic E-state index is 0.0925. The molecule has 0 bridgehead atoms. The summed E-state index contributed by atoms with van der Waals surface area (Å²) in [6.07, 6.45) is 1.34. The van der Waals surface area contributed by atoms with Crippen LogP contribution in [0, 0.1) is 5.92 Å². The van der Waals surface area contributed by atoms with E-state index in [0.29, 0.717) is 6.42 Å². The second-order valence-electron chi connectivity index (χ2n) is 4.07. The van der Waals surface area contributed by atoms with Crippen molar-refractivity contribution in [3.63, 3.8) is 0 Å². The Morgan fingerprint density at radius 1 is 1.60 bits per heavy atom. The molecular formula is C8H17N3O3S. The van der Waals surface area contributed by atoms with Gasteiger partial charge in [-0.05, 0) is 12.3 Å². The summed E-state index contributed by atoms with van der Waals surface area (Å²) in [6, 6.07) is 0. The van der Waals surface area contributed by atoms with E-state index in [0.717, 1.165) is 10.7 Å². The van der Waals surface area contributed by atoms with Gasteiger partial charge in [-0.2, -0.15) is 12.7 Å². The number of carbonyl (C=O) groups is 1. The lowest BCUT2D eigenvalue weighted by molar-refractivity contribution is -0.121. The van der Waals surface area contributed by atoms with E-state index in [4.69, 9.17) is 5.73 Å². The van der Waals surface area contributed by atoms with Gasteiger partial charge in [0.1, 0.15) is 0 Å². The smallest absolute Gasteiger partial charge is 0.303 e. The first kappa shape index (κ1) is 12.4. The molecule has 0 spiro atoms. The zero-order chi connectivity index (χ0) is 11.9. The molecule has 0 radical (unpaired) electrons. The third kappa shape index (κ3) is 2.30. The monoisotopic (exact) mass is 235 g/mol. The molecule has 0 aliphatic heterocycles. The summed E-state index contributed by atoms with van der Waals surface area (Å²) >= 11 is 0. The summed E-state index contributed by atoms with van der Waals surface area (Å²) in [5.41, 5.74) is 4.77. The van der Waals surface area contributed by atoms with Crippen LogP contribution in [-0.2, 0) is 15.0 Å². The first-order valence-electron chi connectivity index (χ1n) is 4.77. The van der Waals surface area contributed by atoms with Gasteiger partial charge in [0.25, 0.3) is 5.91 Å². The normalized spacial score (nSPS) is 30.3. The molecule has 1 rings (SSSR count). The van der Waals surface area contributed by atoms with Crippen molar-refractivity contribution in [2.45, 2.75) is 25.3 Å². The van der Waals surface area contributed by atoms with Crippen LogP contribution < -0.4 is 10.5 Å². The topological polar surface area (TPSA) is 92.5 Å². The van der Waals surface area contributed by atoms with Crippen molar-refractivity contribution in [3.8, 4) is 0 Å². The predicted molar refractivity (Wildman–Crippen MR) is 56.1 cm³/mol. The Hall–Kier alpha value is -0.660. The van der Waals surface area contributed by atoms with Gasteiger partial charge in [-0.15, -0.1) is 0 Å². The lowest BCUT2D eigenvalue weighted by atomic mass is 10.2. The van der Waals surface area contributed by atoms with Crippen LogP contribution in [0.15, 0.2) is 0 Å². The average molecular weight is 235 g/mol. The van der Waals surface area contributed by atoms with Crippen LogP contribution in [0.4, 0.5) is 0 Å². The molecule has 7 heteroatoms. The van der Waals surface area contributed by atoms with Gasteiger partial charge in [-0.1, -0.05) is 13.3 Å². The molecular weight excluding hydrogens is 218 g/mol. The number of amides is 1. The quantitative estimate of drug-likeness (QED) is 0.656. The van der Waals surface area contributed by atoms with Crippen molar-refractivity contribution in [1.82, 2.24) is 9.03 Å². The second kappa shape index (κ2) is 3.73. The van der Waals surface area contributed by atoms with Crippen LogP contribution in [0.3, 0.4) is 0 Å². The number of carbonyl (C=O) groups excluding carboxylic acids is 1. The van der Waals surface area contributed by atoms with E-state index in [2.05, 4.69) is 0 Å². The first-order chi connectivity index (χ1) is 6.74. The summed E-state index contributed by atoms with van der Waals surface area (Å²) in [4.78, 5) is 11.6. The van der Waals surface area contributed by atoms with Gasteiger partial charge < -0.3 is 5.73 Å². The fourth-order valence-electron chi connectivity index (χ4n) is 1.44. The lowest BCUT2D eigenvalue weighted by Gasteiger charge is -2.15. The molecule has 1 aliphatic rings. The van der Waals surface area contributed by atoms with Gasteiger partial charge in [-0.25, -0.2) is 4.72 Å². The van der Waals surface area contributed by atoms with E-state index in [9.17, 15) is 13.2 Å². The Morgan fingerprint density at radius 2 is 2.13 bits per heavy atom. The number of hydrogen-bond donors (Lipinski definition) is 2. The number of nitrogens with one attached hydrogen (secondary N) is 1. The molecule has 6 nitrogen and oxygen atoms in total. The standard InChI is InChI=1S/C8H17N3O3S/c1-4-6-5-8(6,9)7(12)10-15(13,14)11(2)3/h6H,4-5,9H2,1-3H3,(H,10,12). The number of rotatable bonds is 4. The molecule has 3 N–H and O–H groups in total. The number of hydrogen-bond acceptors (Lipinski definition) is 4. The van der Waals surface area contributed by atoms with Crippen molar-refractivity contribution >= 4 is 16.1 Å². The molecule has 1 amide bonds. The van der Waals surface area contributed by atoms with Crippen LogP contribution in [0.5, 0.6) is 0 Å². The Morgan fingerprint density at radius 3 is 2.47 bits per heavy atom. The maximum Gasteiger partial charge on any atom is 0.303 e. The van der Waals surface area contributed by atoms with E-state index in [1.54, 1.807) is 0 Å². The Labute approximate surface area is 90.0 Å². The van der Waals surface area contributed by atoms with E-state index in [1.165, 1.54) is 14.1 Å². The van der Waals surface area contributed by atoms with E-state index < -0.39 is 21.7 Å². The average Bonchev–Trinajstić information content (AvgIpc) is 2.78. The molecule has 0 aromatic rings. The van der Waals surface area contributed by atoms with Crippen molar-refractivity contribution < 1.29 is 13.2 Å². The molecule has 88 valence electrons. The SMILES string of the molecule is CCC1CC1(N)C(=O)NS(=O)(=O)N(C)C. The Balaban J connectivity index is 2.66. The molecule has 2 atom stereocenters. The minimum Gasteiger partial charge on any atom is -0.317 e. The fraction of sp³-hybridized carbons (Fsp3) is 0.875. The fourth-order valence-corrected chi connectivity index (χ4v) is 2.05. The van der Waals surface area contributed by atoms with Crippen LogP contribution in [-0.4, -0.2) is 38.3 Å². The van der Waals surface area contributed by atoms with Crippen LogP contribution >= 0.6 is 0 Å². The molecule has 0 saturated heterocycles. The molecule has 1 saturated carbocycles. The summed E-state index contributed by atoms with van der Waals surface area (Å²) in [7, 11) is -1.02. The zero-order valence-corrected chi connectivity index (χ0v) is 9.97. The third-order valence-electron chi connectivity index (χ3n) is 2.77. The van der Waals surface area contributed by atoms with Crippen LogP contribution in [0.2, 0.25) is 0 Å². The molecule has 1 aliphatic carbocycles. The van der Waals surface area contributed by atoms with E-state index in [-0.39, 0.29) is 5.92 Å². The summed E-state index contributed by atoms with van der Waals surface area (Å²) in [6.45, 7) is 1.92. The van der Waals surface area contributed by atoms with Crippen LogP contribution in [0.25, 0.3) is 0 Å². The summed E-state index contributed by atoms with van der Waals surface area (Å²) in [5, 5.41) is 0. The highest BCUT2D eigenvalue weighted by Gasteiger charge is 2.56. The van der Waals surface area contributed by atoms with Gasteiger partial charge in [0.05, 0.1) is 5.54 Å². The maximum absolute atomic E-state index is 11.6. The third-order valence-corrected chi connectivity index (χ3v) is 4.18. The van der Waals surface area contributed by atoms with Crippen LogP contribution in [0.1, 0.15) is 19.8 Å². The molecule has 2 unspecified atom stereocenters. The second-order valence-corrected chi connectivity index (χ2v) is 5.95. The van der Waals surface area contributed by atoms with Gasteiger partial charge in [0.2, 0.25) is 0 Å². The Bertz CT molecular complexity index is 365. The maximum atomic E-state index is 11.6. The molecule has 0 heterocycles. The first-order valence-corrected chi connectivity index (χ1v) is 6.21. The molecule has 0 aromatic heterocycles. The van der Waals surface area contributed by atoms with Gasteiger partial charge in [0, 0.05) is 14.1 Å². The highest BCUT2D eigenvalue weighted by atomic mass is 32.2. The number of nitrogens with two attached hydrogens (primary N) is 1. The van der Waals surface area contributed by atoms with E-state index >= 15 is 0 Å². The molecule has 0 aromatic carbocycles. The lowest BCUT2D eigenvalue weighted by Crippen LogP contribution is -2.49. The zero-order valence-electron chi connectivity index (χ0n) is 9.15. The summed E-state index contributed by atoms with van der Waals surface area (Å²) < 4.78 is 25.6. The minimum atomic E-state index is -3.72. The summed E-state index contributed by atoms with van der Waals surface area (Å²) in [5.74, 6) is -0.516. The Kier molecular flexibility index (Phi) is 3.09. The van der Waals surface area contributed by atoms with Crippen molar-refractivity contribution in [3.05, 3.63) is 0 Å². The highest BCUT2D eigenvalue weighted by molar-refractivity contribution is 7.87. The highest BCUT2D eigenvalue weighted by Crippen LogP contribution is 2.43. The number of nitrogens with zero attached hydrogens (tertiary/aromatic N) is 1. The van der Waals surface area contributed by atoms with Crippen molar-refractivity contribution in [1.29, 1.82) is 0 Å². The predicted octanol–water partition coefficient (Wildman–Crippen LogP) is -0.964.